The Morgan fingerprint density at radius 2 is 1.96 bits per heavy atom. The highest BCUT2D eigenvalue weighted by atomic mass is 15.1. The predicted molar refractivity (Wildman–Crippen MR) is 102 cm³/mol. The first-order valence-electron chi connectivity index (χ1n) is 8.55. The largest absolute Gasteiger partial charge is 0.300 e. The molecule has 0 aromatic heterocycles. The highest BCUT2D eigenvalue weighted by Crippen LogP contribution is 2.36. The lowest BCUT2D eigenvalue weighted by molar-refractivity contribution is 0.390. The minimum Gasteiger partial charge on any atom is -0.300 e. The number of rotatable bonds is 2. The zero-order chi connectivity index (χ0) is 17.9. The Morgan fingerprint density at radius 3 is 2.58 bits per heavy atom. The van der Waals surface area contributed by atoms with E-state index in [0.29, 0.717) is 17.5 Å². The maximum Gasteiger partial charge on any atom is 0.0950 e. The summed E-state index contributed by atoms with van der Waals surface area (Å²) < 4.78 is 0. The lowest BCUT2D eigenvalue weighted by Gasteiger charge is -2.25. The Labute approximate surface area is 146 Å². The minimum atomic E-state index is 0.0150. The third-order valence-electron chi connectivity index (χ3n) is 5.31. The van der Waals surface area contributed by atoms with Gasteiger partial charge in [-0.15, -0.1) is 0 Å². The summed E-state index contributed by atoms with van der Waals surface area (Å²) in [5.41, 5.74) is 5.94. The topological polar surface area (TPSA) is 27.0 Å². The first-order chi connectivity index (χ1) is 11.4. The SMILES string of the molecule is C=C(C#N)C1C=CCC2=CC=CC(N(C)C)C=C2C(C)/C(C)=C/1C. The first-order valence-corrected chi connectivity index (χ1v) is 8.55. The molecule has 126 valence electrons. The molecule has 0 saturated heterocycles. The van der Waals surface area contributed by atoms with Gasteiger partial charge in [0.2, 0.25) is 0 Å². The third-order valence-corrected chi connectivity index (χ3v) is 5.31. The van der Waals surface area contributed by atoms with Crippen LogP contribution >= 0.6 is 0 Å². The van der Waals surface area contributed by atoms with E-state index in [1.54, 1.807) is 0 Å². The number of nitrogens with zero attached hydrogens (tertiary/aromatic N) is 2. The molecule has 2 rings (SSSR count). The molecule has 0 spiro atoms. The van der Waals surface area contributed by atoms with E-state index in [9.17, 15) is 5.26 Å². The summed E-state index contributed by atoms with van der Waals surface area (Å²) >= 11 is 0. The van der Waals surface area contributed by atoms with Gasteiger partial charge in [0.15, 0.2) is 0 Å². The van der Waals surface area contributed by atoms with Crippen molar-refractivity contribution in [2.75, 3.05) is 14.1 Å². The van der Waals surface area contributed by atoms with E-state index < -0.39 is 0 Å². The zero-order valence-corrected chi connectivity index (χ0v) is 15.5. The maximum atomic E-state index is 9.29. The van der Waals surface area contributed by atoms with Crippen LogP contribution in [0, 0.1) is 23.2 Å². The van der Waals surface area contributed by atoms with Crippen LogP contribution in [0.5, 0.6) is 0 Å². The molecule has 0 N–H and O–H groups in total. The Balaban J connectivity index is 2.56. The monoisotopic (exact) mass is 320 g/mol. The Hall–Kier alpha value is -2.11. The third kappa shape index (κ3) is 3.68. The smallest absolute Gasteiger partial charge is 0.0950 e. The second-order valence-corrected chi connectivity index (χ2v) is 6.99. The second kappa shape index (κ2) is 7.64. The summed E-state index contributed by atoms with van der Waals surface area (Å²) in [6.07, 6.45) is 14.2. The summed E-state index contributed by atoms with van der Waals surface area (Å²) in [4.78, 5) is 2.22. The molecule has 24 heavy (non-hydrogen) atoms. The van der Waals surface area contributed by atoms with E-state index in [1.165, 1.54) is 22.3 Å². The number of allylic oxidation sites excluding steroid dienone is 9. The molecule has 0 heterocycles. The van der Waals surface area contributed by atoms with Gasteiger partial charge in [0.25, 0.3) is 0 Å². The molecule has 0 aliphatic heterocycles. The van der Waals surface area contributed by atoms with Crippen molar-refractivity contribution in [3.05, 3.63) is 70.9 Å². The van der Waals surface area contributed by atoms with E-state index >= 15 is 0 Å². The van der Waals surface area contributed by atoms with E-state index in [4.69, 9.17) is 0 Å². The van der Waals surface area contributed by atoms with Crippen LogP contribution in [0.25, 0.3) is 0 Å². The molecule has 2 heteroatoms. The highest BCUT2D eigenvalue weighted by molar-refractivity contribution is 5.47. The van der Waals surface area contributed by atoms with Gasteiger partial charge in [-0.05, 0) is 45.5 Å². The van der Waals surface area contributed by atoms with Crippen LogP contribution < -0.4 is 0 Å². The maximum absolute atomic E-state index is 9.29. The van der Waals surface area contributed by atoms with Crippen molar-refractivity contribution in [2.24, 2.45) is 11.8 Å². The van der Waals surface area contributed by atoms with Crippen molar-refractivity contribution in [2.45, 2.75) is 33.2 Å². The van der Waals surface area contributed by atoms with Crippen LogP contribution in [0.2, 0.25) is 0 Å². The minimum absolute atomic E-state index is 0.0150. The molecular weight excluding hydrogens is 292 g/mol. The summed E-state index contributed by atoms with van der Waals surface area (Å²) in [6.45, 7) is 10.6. The van der Waals surface area contributed by atoms with Crippen molar-refractivity contribution in [3.63, 3.8) is 0 Å². The van der Waals surface area contributed by atoms with Gasteiger partial charge in [-0.25, -0.2) is 0 Å². The van der Waals surface area contributed by atoms with Crippen LogP contribution in [-0.2, 0) is 0 Å². The van der Waals surface area contributed by atoms with Gasteiger partial charge in [0.05, 0.1) is 6.07 Å². The summed E-state index contributed by atoms with van der Waals surface area (Å²) in [7, 11) is 4.22. The first kappa shape index (κ1) is 18.2. The summed E-state index contributed by atoms with van der Waals surface area (Å²) in [6, 6.07) is 2.54. The van der Waals surface area contributed by atoms with Gasteiger partial charge in [-0.2, -0.15) is 5.26 Å². The van der Waals surface area contributed by atoms with Crippen LogP contribution in [-0.4, -0.2) is 25.0 Å². The molecule has 0 radical (unpaired) electrons. The van der Waals surface area contributed by atoms with Crippen molar-refractivity contribution in [1.82, 2.24) is 4.90 Å². The van der Waals surface area contributed by atoms with E-state index in [1.807, 2.05) is 0 Å². The van der Waals surface area contributed by atoms with E-state index in [0.717, 1.165) is 6.42 Å². The quantitative estimate of drug-likeness (QED) is 0.531. The van der Waals surface area contributed by atoms with Gasteiger partial charge >= 0.3 is 0 Å². The van der Waals surface area contributed by atoms with Gasteiger partial charge in [-0.1, -0.05) is 61.1 Å². The standard InChI is InChI=1S/C22H28N2/c1-15(14-23)21-12-8-10-19-9-7-11-20(24(5)6)13-22(19)18(4)16(2)17(21)3/h7-9,11-13,18,20-21H,1,10H2,2-6H3/b12-8?,17-16+. The van der Waals surface area contributed by atoms with Crippen molar-refractivity contribution in [1.29, 1.82) is 5.26 Å². The molecule has 0 saturated carbocycles. The molecule has 2 aliphatic rings. The number of hydrogen-bond donors (Lipinski definition) is 0. The van der Waals surface area contributed by atoms with Gasteiger partial charge < -0.3 is 0 Å². The van der Waals surface area contributed by atoms with Crippen LogP contribution in [0.15, 0.2) is 70.9 Å². The Morgan fingerprint density at radius 1 is 1.25 bits per heavy atom. The molecule has 0 aromatic rings. The average molecular weight is 320 g/mol. The van der Waals surface area contributed by atoms with Crippen LogP contribution in [0.1, 0.15) is 27.2 Å². The molecule has 0 fully saturated rings. The zero-order valence-electron chi connectivity index (χ0n) is 15.5. The molecule has 0 bridgehead atoms. The number of nitriles is 1. The van der Waals surface area contributed by atoms with Crippen LogP contribution in [0.3, 0.4) is 0 Å². The fraction of sp³-hybridized carbons (Fsp3) is 0.409. The predicted octanol–water partition coefficient (Wildman–Crippen LogP) is 4.97. The molecule has 0 aromatic carbocycles. The lowest BCUT2D eigenvalue weighted by Crippen LogP contribution is -2.24. The fourth-order valence-corrected chi connectivity index (χ4v) is 3.40. The number of likely N-dealkylation sites (N-methyl/N-ethyl adjacent to an activating group) is 1. The average Bonchev–Trinajstić information content (AvgIpc) is 2.76. The highest BCUT2D eigenvalue weighted by Gasteiger charge is 2.23. The molecule has 2 nitrogen and oxygen atoms in total. The fourth-order valence-electron chi connectivity index (χ4n) is 3.40. The number of fused-ring (bicyclic) bond motifs is 1. The lowest BCUT2D eigenvalue weighted by atomic mass is 9.82. The molecule has 3 unspecified atom stereocenters. The Bertz CT molecular complexity index is 705. The van der Waals surface area contributed by atoms with Crippen LogP contribution in [0.4, 0.5) is 0 Å². The van der Waals surface area contributed by atoms with Gasteiger partial charge in [0, 0.05) is 23.5 Å². The van der Waals surface area contributed by atoms with Crippen molar-refractivity contribution < 1.29 is 0 Å². The molecule has 0 amide bonds. The summed E-state index contributed by atoms with van der Waals surface area (Å²) in [5, 5.41) is 9.29. The Kier molecular flexibility index (Phi) is 5.80. The normalized spacial score (nSPS) is 30.3. The van der Waals surface area contributed by atoms with Gasteiger partial charge in [-0.3, -0.25) is 4.90 Å². The number of hydrogen-bond acceptors (Lipinski definition) is 2. The van der Waals surface area contributed by atoms with E-state index in [2.05, 4.69) is 88.9 Å². The second-order valence-electron chi connectivity index (χ2n) is 6.99. The summed E-state index contributed by atoms with van der Waals surface area (Å²) in [5.74, 6) is 0.341. The molecular formula is C22H28N2. The molecule has 3 atom stereocenters. The van der Waals surface area contributed by atoms with Crippen molar-refractivity contribution >= 4 is 0 Å². The van der Waals surface area contributed by atoms with Gasteiger partial charge in [0.1, 0.15) is 0 Å². The molecule has 2 aliphatic carbocycles. The van der Waals surface area contributed by atoms with E-state index in [-0.39, 0.29) is 5.92 Å². The van der Waals surface area contributed by atoms with Crippen molar-refractivity contribution in [3.8, 4) is 6.07 Å².